The van der Waals surface area contributed by atoms with Gasteiger partial charge in [0, 0.05) is 6.08 Å². The number of hydrogen-bond acceptors (Lipinski definition) is 2. The van der Waals surface area contributed by atoms with Crippen LogP contribution in [0.25, 0.3) is 16.7 Å². The highest BCUT2D eigenvalue weighted by atomic mass is 16.1. The summed E-state index contributed by atoms with van der Waals surface area (Å²) in [5.74, 6) is 0. The van der Waals surface area contributed by atoms with Gasteiger partial charge in [-0.15, -0.1) is 0 Å². The van der Waals surface area contributed by atoms with E-state index in [2.05, 4.69) is 24.0 Å². The Kier molecular flexibility index (Phi) is 3.65. The number of carbonyl (C=O) groups excluding carboxylic acids is 1. The average molecular weight is 276 g/mol. The monoisotopic (exact) mass is 276 g/mol. The second kappa shape index (κ2) is 5.75. The molecule has 21 heavy (non-hydrogen) atoms. The molecule has 0 aliphatic carbocycles. The number of imidazole rings is 1. The lowest BCUT2D eigenvalue weighted by molar-refractivity contribution is -0.104. The number of hydrogen-bond donors (Lipinski definition) is 0. The molecule has 3 rings (SSSR count). The van der Waals surface area contributed by atoms with Crippen LogP contribution in [-0.2, 0) is 11.2 Å². The van der Waals surface area contributed by atoms with Gasteiger partial charge < -0.3 is 0 Å². The first-order valence-electron chi connectivity index (χ1n) is 7.00. The molecule has 0 unspecified atom stereocenters. The smallest absolute Gasteiger partial charge is 0.144 e. The Labute approximate surface area is 123 Å². The third-order valence-electron chi connectivity index (χ3n) is 3.60. The van der Waals surface area contributed by atoms with Crippen LogP contribution in [-0.4, -0.2) is 15.8 Å². The number of aldehydes is 1. The van der Waals surface area contributed by atoms with Gasteiger partial charge in [0.05, 0.1) is 16.7 Å². The van der Waals surface area contributed by atoms with Crippen LogP contribution >= 0.6 is 0 Å². The SMILES string of the molecule is CCc1ccc(C(=CC=O)n2cnc3ccccc32)cc1. The third kappa shape index (κ3) is 2.50. The molecule has 104 valence electrons. The molecular formula is C18H16N2O. The van der Waals surface area contributed by atoms with Crippen molar-refractivity contribution in [2.45, 2.75) is 13.3 Å². The van der Waals surface area contributed by atoms with E-state index in [1.165, 1.54) is 5.56 Å². The van der Waals surface area contributed by atoms with E-state index in [0.717, 1.165) is 35.0 Å². The van der Waals surface area contributed by atoms with E-state index in [-0.39, 0.29) is 0 Å². The van der Waals surface area contributed by atoms with Gasteiger partial charge >= 0.3 is 0 Å². The Balaban J connectivity index is 2.13. The van der Waals surface area contributed by atoms with Crippen LogP contribution < -0.4 is 0 Å². The summed E-state index contributed by atoms with van der Waals surface area (Å²) in [5.41, 5.74) is 5.02. The zero-order chi connectivity index (χ0) is 14.7. The summed E-state index contributed by atoms with van der Waals surface area (Å²) in [6.45, 7) is 2.13. The molecule has 0 N–H and O–H groups in total. The Hall–Kier alpha value is -2.68. The molecule has 1 heterocycles. The van der Waals surface area contributed by atoms with Crippen molar-refractivity contribution < 1.29 is 4.79 Å². The van der Waals surface area contributed by atoms with Crippen LogP contribution in [0.4, 0.5) is 0 Å². The molecule has 2 aromatic carbocycles. The molecule has 0 aliphatic rings. The molecule has 0 radical (unpaired) electrons. The van der Waals surface area contributed by atoms with Gasteiger partial charge in [0.25, 0.3) is 0 Å². The van der Waals surface area contributed by atoms with Crippen molar-refractivity contribution in [3.8, 4) is 0 Å². The fourth-order valence-corrected chi connectivity index (χ4v) is 2.44. The Bertz CT molecular complexity index is 797. The highest BCUT2D eigenvalue weighted by Gasteiger charge is 2.08. The van der Waals surface area contributed by atoms with Crippen molar-refractivity contribution in [2.75, 3.05) is 0 Å². The molecule has 0 saturated carbocycles. The third-order valence-corrected chi connectivity index (χ3v) is 3.60. The van der Waals surface area contributed by atoms with Crippen molar-refractivity contribution in [2.24, 2.45) is 0 Å². The molecule has 0 fully saturated rings. The highest BCUT2D eigenvalue weighted by molar-refractivity contribution is 5.87. The van der Waals surface area contributed by atoms with E-state index in [4.69, 9.17) is 0 Å². The van der Waals surface area contributed by atoms with Gasteiger partial charge in [-0.25, -0.2) is 4.98 Å². The number of carbonyl (C=O) groups is 1. The van der Waals surface area contributed by atoms with E-state index < -0.39 is 0 Å². The molecule has 0 amide bonds. The molecule has 0 aliphatic heterocycles. The number of benzene rings is 2. The second-order valence-corrected chi connectivity index (χ2v) is 4.84. The standard InChI is InChI=1S/C18H16N2O/c1-2-14-7-9-15(10-8-14)17(11-12-21)20-13-19-16-5-3-4-6-18(16)20/h3-13H,2H2,1H3. The van der Waals surface area contributed by atoms with Gasteiger partial charge in [0.15, 0.2) is 0 Å². The Morgan fingerprint density at radius 1 is 1.14 bits per heavy atom. The van der Waals surface area contributed by atoms with Gasteiger partial charge in [-0.2, -0.15) is 0 Å². The summed E-state index contributed by atoms with van der Waals surface area (Å²) >= 11 is 0. The van der Waals surface area contributed by atoms with Crippen molar-refractivity contribution in [1.29, 1.82) is 0 Å². The molecule has 1 aromatic heterocycles. The maximum absolute atomic E-state index is 11.0. The first-order chi connectivity index (χ1) is 10.3. The quantitative estimate of drug-likeness (QED) is 0.538. The summed E-state index contributed by atoms with van der Waals surface area (Å²) in [4.78, 5) is 15.4. The summed E-state index contributed by atoms with van der Waals surface area (Å²) in [6.07, 6.45) is 5.15. The minimum absolute atomic E-state index is 0.817. The molecular weight excluding hydrogens is 260 g/mol. The van der Waals surface area contributed by atoms with Crippen LogP contribution in [0.15, 0.2) is 60.9 Å². The van der Waals surface area contributed by atoms with Crippen molar-refractivity contribution in [3.63, 3.8) is 0 Å². The van der Waals surface area contributed by atoms with Gasteiger partial charge in [-0.1, -0.05) is 43.3 Å². The number of nitrogens with zero attached hydrogens (tertiary/aromatic N) is 2. The minimum Gasteiger partial charge on any atom is -0.298 e. The summed E-state index contributed by atoms with van der Waals surface area (Å²) in [7, 11) is 0. The van der Waals surface area contributed by atoms with Gasteiger partial charge in [-0.05, 0) is 29.7 Å². The molecule has 0 spiro atoms. The van der Waals surface area contributed by atoms with Crippen molar-refractivity contribution in [3.05, 3.63) is 72.1 Å². The van der Waals surface area contributed by atoms with E-state index >= 15 is 0 Å². The predicted octanol–water partition coefficient (Wildman–Crippen LogP) is 3.69. The molecule has 3 nitrogen and oxygen atoms in total. The summed E-state index contributed by atoms with van der Waals surface area (Å²) < 4.78 is 1.95. The lowest BCUT2D eigenvalue weighted by Crippen LogP contribution is -1.98. The van der Waals surface area contributed by atoms with Crippen LogP contribution in [0.2, 0.25) is 0 Å². The number of para-hydroxylation sites is 2. The summed E-state index contributed by atoms with van der Waals surface area (Å²) in [6, 6.07) is 16.2. The maximum atomic E-state index is 11.0. The van der Waals surface area contributed by atoms with Gasteiger partial charge in [-0.3, -0.25) is 9.36 Å². The van der Waals surface area contributed by atoms with Crippen LogP contribution in [0.5, 0.6) is 0 Å². The predicted molar refractivity (Wildman–Crippen MR) is 85.0 cm³/mol. The minimum atomic E-state index is 0.817. The molecule has 3 heteroatoms. The highest BCUT2D eigenvalue weighted by Crippen LogP contribution is 2.22. The van der Waals surface area contributed by atoms with Crippen molar-refractivity contribution >= 4 is 23.0 Å². The van der Waals surface area contributed by atoms with Crippen molar-refractivity contribution in [1.82, 2.24) is 9.55 Å². The van der Waals surface area contributed by atoms with Crippen LogP contribution in [0.1, 0.15) is 18.1 Å². The average Bonchev–Trinajstić information content (AvgIpc) is 2.97. The zero-order valence-electron chi connectivity index (χ0n) is 11.9. The zero-order valence-corrected chi connectivity index (χ0v) is 11.9. The Morgan fingerprint density at radius 2 is 1.90 bits per heavy atom. The van der Waals surface area contributed by atoms with Crippen LogP contribution in [0.3, 0.4) is 0 Å². The second-order valence-electron chi connectivity index (χ2n) is 4.84. The topological polar surface area (TPSA) is 34.9 Å². The van der Waals surface area contributed by atoms with Gasteiger partial charge in [0.2, 0.25) is 0 Å². The fourth-order valence-electron chi connectivity index (χ4n) is 2.44. The van der Waals surface area contributed by atoms with E-state index in [1.54, 1.807) is 12.4 Å². The molecule has 0 saturated heterocycles. The van der Waals surface area contributed by atoms with E-state index in [1.807, 2.05) is 41.0 Å². The largest absolute Gasteiger partial charge is 0.298 e. The molecule has 0 bridgehead atoms. The lowest BCUT2D eigenvalue weighted by Gasteiger charge is -2.10. The van der Waals surface area contributed by atoms with E-state index in [0.29, 0.717) is 0 Å². The number of aryl methyl sites for hydroxylation is 1. The Morgan fingerprint density at radius 3 is 2.62 bits per heavy atom. The van der Waals surface area contributed by atoms with Gasteiger partial charge in [0.1, 0.15) is 12.6 Å². The number of allylic oxidation sites excluding steroid dienone is 1. The normalized spacial score (nSPS) is 11.8. The number of aromatic nitrogens is 2. The molecule has 3 aromatic rings. The molecule has 0 atom stereocenters. The van der Waals surface area contributed by atoms with Crippen LogP contribution in [0, 0.1) is 0 Å². The fraction of sp³-hybridized carbons (Fsp3) is 0.111. The van der Waals surface area contributed by atoms with E-state index in [9.17, 15) is 4.79 Å². The maximum Gasteiger partial charge on any atom is 0.144 e. The number of rotatable bonds is 4. The first-order valence-corrected chi connectivity index (χ1v) is 7.00. The summed E-state index contributed by atoms with van der Waals surface area (Å²) in [5, 5.41) is 0. The number of fused-ring (bicyclic) bond motifs is 1. The first kappa shape index (κ1) is 13.3. The lowest BCUT2D eigenvalue weighted by atomic mass is 10.1.